The average Bonchev–Trinajstić information content (AvgIpc) is 3.18. The van der Waals surface area contributed by atoms with E-state index in [-0.39, 0.29) is 18.0 Å². The first-order chi connectivity index (χ1) is 12.2. The number of benzene rings is 2. The molecule has 4 rings (SSSR count). The van der Waals surface area contributed by atoms with Crippen molar-refractivity contribution in [3.63, 3.8) is 0 Å². The van der Waals surface area contributed by atoms with Gasteiger partial charge in [-0.15, -0.1) is 0 Å². The minimum atomic E-state index is -0.341. The van der Waals surface area contributed by atoms with Crippen molar-refractivity contribution in [2.24, 2.45) is 0 Å². The Labute approximate surface area is 148 Å². The van der Waals surface area contributed by atoms with Crippen LogP contribution in [0.15, 0.2) is 54.6 Å². The quantitative estimate of drug-likeness (QED) is 0.760. The standard InChI is InChI=1S/C18H16N4O2S/c23-16-10-12(11-22(16)13-6-2-1-3-7-13)19-17(24)21-18-20-14-8-4-5-9-15(14)25-18/h1-9,12H,10-11H2,(H2,19,20,21,24)/t12-/m0/s1. The van der Waals surface area contributed by atoms with Gasteiger partial charge in [0.25, 0.3) is 0 Å². The molecule has 0 spiro atoms. The highest BCUT2D eigenvalue weighted by atomic mass is 32.1. The second kappa shape index (κ2) is 6.52. The molecule has 6 nitrogen and oxygen atoms in total. The van der Waals surface area contributed by atoms with Crippen molar-refractivity contribution in [1.82, 2.24) is 10.3 Å². The fourth-order valence-electron chi connectivity index (χ4n) is 2.91. The molecule has 0 unspecified atom stereocenters. The molecule has 3 aromatic rings. The summed E-state index contributed by atoms with van der Waals surface area (Å²) in [5, 5.41) is 6.16. The number of hydrogen-bond donors (Lipinski definition) is 2. The van der Waals surface area contributed by atoms with Gasteiger partial charge in [-0.2, -0.15) is 0 Å². The lowest BCUT2D eigenvalue weighted by Crippen LogP contribution is -2.39. The number of amides is 3. The van der Waals surface area contributed by atoms with Crippen LogP contribution in [0.25, 0.3) is 10.2 Å². The molecule has 1 atom stereocenters. The van der Waals surface area contributed by atoms with Crippen molar-refractivity contribution in [3.05, 3.63) is 54.6 Å². The third kappa shape index (κ3) is 3.32. The Morgan fingerprint density at radius 2 is 1.88 bits per heavy atom. The summed E-state index contributed by atoms with van der Waals surface area (Å²) < 4.78 is 1.02. The number of fused-ring (bicyclic) bond motifs is 1. The molecule has 1 saturated heterocycles. The van der Waals surface area contributed by atoms with E-state index in [0.717, 1.165) is 15.9 Å². The zero-order valence-corrected chi connectivity index (χ0v) is 14.1. The van der Waals surface area contributed by atoms with E-state index in [0.29, 0.717) is 18.1 Å². The monoisotopic (exact) mass is 352 g/mol. The van der Waals surface area contributed by atoms with Gasteiger partial charge in [0.1, 0.15) is 0 Å². The first kappa shape index (κ1) is 15.6. The highest BCUT2D eigenvalue weighted by Crippen LogP contribution is 2.25. The molecule has 7 heteroatoms. The minimum Gasteiger partial charge on any atom is -0.333 e. The number of aromatic nitrogens is 1. The highest BCUT2D eigenvalue weighted by Gasteiger charge is 2.31. The third-order valence-electron chi connectivity index (χ3n) is 4.04. The summed E-state index contributed by atoms with van der Waals surface area (Å²) in [5.41, 5.74) is 1.71. The maximum Gasteiger partial charge on any atom is 0.321 e. The van der Waals surface area contributed by atoms with Crippen LogP contribution in [0.4, 0.5) is 15.6 Å². The number of rotatable bonds is 3. The molecular formula is C18H16N4O2S. The van der Waals surface area contributed by atoms with Gasteiger partial charge in [0, 0.05) is 18.7 Å². The van der Waals surface area contributed by atoms with Crippen molar-refractivity contribution in [3.8, 4) is 0 Å². The summed E-state index contributed by atoms with van der Waals surface area (Å²) >= 11 is 1.42. The zero-order valence-electron chi connectivity index (χ0n) is 13.3. The number of hydrogen-bond acceptors (Lipinski definition) is 4. The predicted molar refractivity (Wildman–Crippen MR) is 99.0 cm³/mol. The van der Waals surface area contributed by atoms with Gasteiger partial charge in [-0.3, -0.25) is 10.1 Å². The number of para-hydroxylation sites is 2. The van der Waals surface area contributed by atoms with Gasteiger partial charge in [0.2, 0.25) is 5.91 Å². The molecule has 1 aromatic heterocycles. The van der Waals surface area contributed by atoms with Crippen LogP contribution in [-0.4, -0.2) is 29.5 Å². The van der Waals surface area contributed by atoms with Crippen LogP contribution in [0.5, 0.6) is 0 Å². The molecule has 25 heavy (non-hydrogen) atoms. The Hall–Kier alpha value is -2.93. The second-order valence-electron chi connectivity index (χ2n) is 5.83. The lowest BCUT2D eigenvalue weighted by atomic mass is 10.2. The fourth-order valence-corrected chi connectivity index (χ4v) is 3.77. The van der Waals surface area contributed by atoms with Crippen LogP contribution < -0.4 is 15.5 Å². The molecule has 126 valence electrons. The molecule has 0 bridgehead atoms. The van der Waals surface area contributed by atoms with E-state index in [4.69, 9.17) is 0 Å². The number of nitrogens with one attached hydrogen (secondary N) is 2. The van der Waals surface area contributed by atoms with Crippen molar-refractivity contribution in [2.45, 2.75) is 12.5 Å². The molecule has 2 aromatic carbocycles. The van der Waals surface area contributed by atoms with Crippen molar-refractivity contribution < 1.29 is 9.59 Å². The smallest absolute Gasteiger partial charge is 0.321 e. The topological polar surface area (TPSA) is 74.3 Å². The average molecular weight is 352 g/mol. The fraction of sp³-hybridized carbons (Fsp3) is 0.167. The van der Waals surface area contributed by atoms with Crippen LogP contribution >= 0.6 is 11.3 Å². The Morgan fingerprint density at radius 1 is 1.12 bits per heavy atom. The molecule has 1 aliphatic heterocycles. The predicted octanol–water partition coefficient (Wildman–Crippen LogP) is 3.22. The Kier molecular flexibility index (Phi) is 4.07. The zero-order chi connectivity index (χ0) is 17.2. The van der Waals surface area contributed by atoms with Gasteiger partial charge >= 0.3 is 6.03 Å². The molecule has 0 aliphatic carbocycles. The molecule has 0 saturated carbocycles. The van der Waals surface area contributed by atoms with Gasteiger partial charge in [0.05, 0.1) is 16.3 Å². The number of urea groups is 1. The summed E-state index contributed by atoms with van der Waals surface area (Å²) in [6.07, 6.45) is 0.294. The number of carbonyl (C=O) groups is 2. The molecule has 1 aliphatic rings. The molecule has 0 radical (unpaired) electrons. The summed E-state index contributed by atoms with van der Waals surface area (Å²) in [4.78, 5) is 30.5. The summed E-state index contributed by atoms with van der Waals surface area (Å²) in [7, 11) is 0. The maximum absolute atomic E-state index is 12.2. The van der Waals surface area contributed by atoms with Crippen molar-refractivity contribution >= 4 is 44.3 Å². The van der Waals surface area contributed by atoms with Crippen molar-refractivity contribution in [1.29, 1.82) is 0 Å². The lowest BCUT2D eigenvalue weighted by molar-refractivity contribution is -0.117. The molecule has 1 fully saturated rings. The number of nitrogens with zero attached hydrogens (tertiary/aromatic N) is 2. The third-order valence-corrected chi connectivity index (χ3v) is 4.99. The van der Waals surface area contributed by atoms with E-state index in [1.54, 1.807) is 4.90 Å². The Bertz CT molecular complexity index is 892. The van der Waals surface area contributed by atoms with Gasteiger partial charge in [0.15, 0.2) is 5.13 Å². The summed E-state index contributed by atoms with van der Waals surface area (Å²) in [6, 6.07) is 16.6. The first-order valence-electron chi connectivity index (χ1n) is 7.97. The van der Waals surface area contributed by atoms with Gasteiger partial charge in [-0.25, -0.2) is 9.78 Å². The maximum atomic E-state index is 12.2. The lowest BCUT2D eigenvalue weighted by Gasteiger charge is -2.17. The minimum absolute atomic E-state index is 0.0106. The van der Waals surface area contributed by atoms with E-state index in [1.807, 2.05) is 54.6 Å². The van der Waals surface area contributed by atoms with Crippen molar-refractivity contribution in [2.75, 3.05) is 16.8 Å². The summed E-state index contributed by atoms with van der Waals surface area (Å²) in [5.74, 6) is 0.0106. The Balaban J connectivity index is 1.39. The van der Waals surface area contributed by atoms with Crippen LogP contribution in [-0.2, 0) is 4.79 Å². The van der Waals surface area contributed by atoms with E-state index in [2.05, 4.69) is 15.6 Å². The van der Waals surface area contributed by atoms with E-state index < -0.39 is 0 Å². The number of anilines is 2. The first-order valence-corrected chi connectivity index (χ1v) is 8.79. The van der Waals surface area contributed by atoms with Crippen LogP contribution in [0.2, 0.25) is 0 Å². The number of thiazole rings is 1. The van der Waals surface area contributed by atoms with E-state index >= 15 is 0 Å². The van der Waals surface area contributed by atoms with E-state index in [9.17, 15) is 9.59 Å². The van der Waals surface area contributed by atoms with Crippen LogP contribution in [0.1, 0.15) is 6.42 Å². The Morgan fingerprint density at radius 3 is 2.68 bits per heavy atom. The molecule has 3 amide bonds. The van der Waals surface area contributed by atoms with Gasteiger partial charge < -0.3 is 10.2 Å². The van der Waals surface area contributed by atoms with Gasteiger partial charge in [-0.05, 0) is 24.3 Å². The molecular weight excluding hydrogens is 336 g/mol. The normalized spacial score (nSPS) is 17.0. The largest absolute Gasteiger partial charge is 0.333 e. The van der Waals surface area contributed by atoms with Gasteiger partial charge in [-0.1, -0.05) is 41.7 Å². The van der Waals surface area contributed by atoms with E-state index in [1.165, 1.54) is 11.3 Å². The molecule has 2 heterocycles. The SMILES string of the molecule is O=C(Nc1nc2ccccc2s1)N[C@H]1CC(=O)N(c2ccccc2)C1. The van der Waals surface area contributed by atoms with Crippen LogP contribution in [0, 0.1) is 0 Å². The number of carbonyl (C=O) groups excluding carboxylic acids is 2. The summed E-state index contributed by atoms with van der Waals surface area (Å²) in [6.45, 7) is 0.468. The highest BCUT2D eigenvalue weighted by molar-refractivity contribution is 7.22. The second-order valence-corrected chi connectivity index (χ2v) is 6.86. The molecule has 2 N–H and O–H groups in total. The van der Waals surface area contributed by atoms with Crippen LogP contribution in [0.3, 0.4) is 0 Å².